The maximum Gasteiger partial charge on any atom is 0.326 e. The second-order valence-electron chi connectivity index (χ2n) is 6.82. The van der Waals surface area contributed by atoms with E-state index in [4.69, 9.17) is 11.6 Å². The Labute approximate surface area is 152 Å². The Bertz CT molecular complexity index is 690. The van der Waals surface area contributed by atoms with Crippen LogP contribution in [-0.4, -0.2) is 40.4 Å². The standard InChI is InChI=1S/C18H23ClN2O4/c1-10(2)16(22)20-12-4-5-14(19)13(9-12)17(23)21-7-6-11(3)8-15(21)18(24)25/h4-5,9-11,15H,6-8H2,1-3H3,(H,20,22)(H,24,25). The van der Waals surface area contributed by atoms with Crippen LogP contribution in [0.4, 0.5) is 5.69 Å². The normalized spacial score (nSPS) is 20.4. The Hall–Kier alpha value is -2.08. The van der Waals surface area contributed by atoms with Crippen LogP contribution in [0.2, 0.25) is 5.02 Å². The lowest BCUT2D eigenvalue weighted by Crippen LogP contribution is -2.49. The molecule has 0 aromatic heterocycles. The summed E-state index contributed by atoms with van der Waals surface area (Å²) in [5, 5.41) is 12.4. The SMILES string of the molecule is CC1CCN(C(=O)c2cc(NC(=O)C(C)C)ccc2Cl)C(C(=O)O)C1. The zero-order chi connectivity index (χ0) is 18.7. The third kappa shape index (κ3) is 4.51. The summed E-state index contributed by atoms with van der Waals surface area (Å²) in [6.45, 7) is 5.88. The number of halogens is 1. The molecule has 1 aliphatic heterocycles. The molecular formula is C18H23ClN2O4. The Morgan fingerprint density at radius 1 is 1.32 bits per heavy atom. The number of amides is 2. The van der Waals surface area contributed by atoms with Crippen molar-refractivity contribution in [3.63, 3.8) is 0 Å². The number of hydrogen-bond donors (Lipinski definition) is 2. The molecule has 1 heterocycles. The first-order chi connectivity index (χ1) is 11.7. The second-order valence-corrected chi connectivity index (χ2v) is 7.23. The highest BCUT2D eigenvalue weighted by Crippen LogP contribution is 2.28. The molecule has 1 saturated heterocycles. The van der Waals surface area contributed by atoms with E-state index in [1.807, 2.05) is 6.92 Å². The highest BCUT2D eigenvalue weighted by Gasteiger charge is 2.35. The number of carbonyl (C=O) groups excluding carboxylic acids is 2. The van der Waals surface area contributed by atoms with Crippen molar-refractivity contribution in [1.82, 2.24) is 4.90 Å². The van der Waals surface area contributed by atoms with Crippen LogP contribution in [0.25, 0.3) is 0 Å². The summed E-state index contributed by atoms with van der Waals surface area (Å²) in [6.07, 6.45) is 1.17. The van der Waals surface area contributed by atoms with Crippen LogP contribution in [-0.2, 0) is 9.59 Å². The number of anilines is 1. The number of benzene rings is 1. The van der Waals surface area contributed by atoms with Crippen molar-refractivity contribution in [3.8, 4) is 0 Å². The number of nitrogens with zero attached hydrogens (tertiary/aromatic N) is 1. The van der Waals surface area contributed by atoms with Crippen molar-refractivity contribution in [2.24, 2.45) is 11.8 Å². The van der Waals surface area contributed by atoms with Crippen LogP contribution in [0, 0.1) is 11.8 Å². The molecule has 0 bridgehead atoms. The van der Waals surface area contributed by atoms with Gasteiger partial charge in [0.2, 0.25) is 5.91 Å². The molecule has 2 amide bonds. The van der Waals surface area contributed by atoms with Gasteiger partial charge in [-0.15, -0.1) is 0 Å². The molecular weight excluding hydrogens is 344 g/mol. The van der Waals surface area contributed by atoms with Crippen molar-refractivity contribution in [3.05, 3.63) is 28.8 Å². The molecule has 1 aromatic carbocycles. The number of piperidine rings is 1. The van der Waals surface area contributed by atoms with Crippen molar-refractivity contribution < 1.29 is 19.5 Å². The topological polar surface area (TPSA) is 86.7 Å². The van der Waals surface area contributed by atoms with Gasteiger partial charge in [-0.3, -0.25) is 9.59 Å². The zero-order valence-electron chi connectivity index (χ0n) is 14.6. The van der Waals surface area contributed by atoms with Gasteiger partial charge < -0.3 is 15.3 Å². The van der Waals surface area contributed by atoms with E-state index in [9.17, 15) is 19.5 Å². The minimum Gasteiger partial charge on any atom is -0.480 e. The van der Waals surface area contributed by atoms with Gasteiger partial charge in [-0.2, -0.15) is 0 Å². The summed E-state index contributed by atoms with van der Waals surface area (Å²) in [5.41, 5.74) is 0.660. The first kappa shape index (κ1) is 19.2. The van der Waals surface area contributed by atoms with Gasteiger partial charge in [0.1, 0.15) is 6.04 Å². The number of hydrogen-bond acceptors (Lipinski definition) is 3. The van der Waals surface area contributed by atoms with E-state index in [0.29, 0.717) is 18.7 Å². The van der Waals surface area contributed by atoms with Crippen LogP contribution in [0.3, 0.4) is 0 Å². The molecule has 136 valence electrons. The van der Waals surface area contributed by atoms with Gasteiger partial charge in [0.25, 0.3) is 5.91 Å². The van der Waals surface area contributed by atoms with Gasteiger partial charge in [-0.05, 0) is 37.0 Å². The third-order valence-electron chi connectivity index (χ3n) is 4.40. The summed E-state index contributed by atoms with van der Waals surface area (Å²) >= 11 is 6.16. The molecule has 6 nitrogen and oxygen atoms in total. The maximum atomic E-state index is 12.9. The van der Waals surface area contributed by atoms with E-state index in [1.165, 1.54) is 17.0 Å². The number of carboxylic acid groups (broad SMARTS) is 1. The van der Waals surface area contributed by atoms with Gasteiger partial charge in [0, 0.05) is 18.2 Å². The monoisotopic (exact) mass is 366 g/mol. The number of aliphatic carboxylic acids is 1. The first-order valence-electron chi connectivity index (χ1n) is 8.35. The third-order valence-corrected chi connectivity index (χ3v) is 4.73. The highest BCUT2D eigenvalue weighted by molar-refractivity contribution is 6.34. The molecule has 0 saturated carbocycles. The average Bonchev–Trinajstić information content (AvgIpc) is 2.55. The molecule has 1 aliphatic rings. The van der Waals surface area contributed by atoms with Crippen LogP contribution >= 0.6 is 11.6 Å². The van der Waals surface area contributed by atoms with Gasteiger partial charge in [-0.1, -0.05) is 32.4 Å². The maximum absolute atomic E-state index is 12.9. The van der Waals surface area contributed by atoms with Crippen molar-refractivity contribution in [2.45, 2.75) is 39.7 Å². The smallest absolute Gasteiger partial charge is 0.326 e. The Morgan fingerprint density at radius 2 is 2.00 bits per heavy atom. The van der Waals surface area contributed by atoms with E-state index < -0.39 is 17.9 Å². The van der Waals surface area contributed by atoms with E-state index in [1.54, 1.807) is 19.9 Å². The zero-order valence-corrected chi connectivity index (χ0v) is 15.3. The Morgan fingerprint density at radius 3 is 2.60 bits per heavy atom. The van der Waals surface area contributed by atoms with Crippen molar-refractivity contribution >= 4 is 35.1 Å². The number of nitrogens with one attached hydrogen (secondary N) is 1. The summed E-state index contributed by atoms with van der Waals surface area (Å²) in [7, 11) is 0. The van der Waals surface area contributed by atoms with E-state index in [-0.39, 0.29) is 28.3 Å². The van der Waals surface area contributed by atoms with Crippen molar-refractivity contribution in [1.29, 1.82) is 0 Å². The lowest BCUT2D eigenvalue weighted by atomic mass is 9.92. The molecule has 1 fully saturated rings. The fourth-order valence-electron chi connectivity index (χ4n) is 2.83. The molecule has 0 aliphatic carbocycles. The lowest BCUT2D eigenvalue weighted by Gasteiger charge is -2.36. The quantitative estimate of drug-likeness (QED) is 0.856. The predicted molar refractivity (Wildman–Crippen MR) is 95.8 cm³/mol. The fourth-order valence-corrected chi connectivity index (χ4v) is 3.03. The second kappa shape index (κ2) is 7.87. The summed E-state index contributed by atoms with van der Waals surface area (Å²) in [5.74, 6) is -1.56. The summed E-state index contributed by atoms with van der Waals surface area (Å²) in [4.78, 5) is 37.6. The Kier molecular flexibility index (Phi) is 6.06. The van der Waals surface area contributed by atoms with E-state index in [0.717, 1.165) is 6.42 Å². The molecule has 2 unspecified atom stereocenters. The van der Waals surface area contributed by atoms with E-state index >= 15 is 0 Å². The molecule has 25 heavy (non-hydrogen) atoms. The molecule has 0 spiro atoms. The van der Waals surface area contributed by atoms with Crippen LogP contribution < -0.4 is 5.32 Å². The number of carbonyl (C=O) groups is 3. The van der Waals surface area contributed by atoms with Crippen LogP contribution in [0.15, 0.2) is 18.2 Å². The highest BCUT2D eigenvalue weighted by atomic mass is 35.5. The first-order valence-corrected chi connectivity index (χ1v) is 8.72. The Balaban J connectivity index is 2.28. The minimum atomic E-state index is -1.01. The molecule has 7 heteroatoms. The number of carboxylic acids is 1. The van der Waals surface area contributed by atoms with Gasteiger partial charge in [0.15, 0.2) is 0 Å². The minimum absolute atomic E-state index is 0.170. The molecule has 1 aromatic rings. The number of rotatable bonds is 4. The summed E-state index contributed by atoms with van der Waals surface area (Å²) < 4.78 is 0. The number of likely N-dealkylation sites (tertiary alicyclic amines) is 1. The molecule has 2 N–H and O–H groups in total. The lowest BCUT2D eigenvalue weighted by molar-refractivity contribution is -0.144. The summed E-state index contributed by atoms with van der Waals surface area (Å²) in [6, 6.07) is 3.79. The van der Waals surface area contributed by atoms with Gasteiger partial charge in [-0.25, -0.2) is 4.79 Å². The molecule has 2 atom stereocenters. The largest absolute Gasteiger partial charge is 0.480 e. The van der Waals surface area contributed by atoms with Crippen LogP contribution in [0.1, 0.15) is 44.0 Å². The fraction of sp³-hybridized carbons (Fsp3) is 0.500. The van der Waals surface area contributed by atoms with Gasteiger partial charge in [0.05, 0.1) is 10.6 Å². The predicted octanol–water partition coefficient (Wildman–Crippen LogP) is 3.26. The molecule has 2 rings (SSSR count). The van der Waals surface area contributed by atoms with Gasteiger partial charge >= 0.3 is 5.97 Å². The van der Waals surface area contributed by atoms with Crippen LogP contribution in [0.5, 0.6) is 0 Å². The van der Waals surface area contributed by atoms with Crippen molar-refractivity contribution in [2.75, 3.05) is 11.9 Å². The molecule has 0 radical (unpaired) electrons. The average molecular weight is 367 g/mol. The van der Waals surface area contributed by atoms with E-state index in [2.05, 4.69) is 5.32 Å².